The Balaban J connectivity index is 2.59. The number of rotatable bonds is 4. The Morgan fingerprint density at radius 2 is 2.36 bits per heavy atom. The molecule has 0 saturated heterocycles. The Morgan fingerprint density at radius 1 is 1.57 bits per heavy atom. The van der Waals surface area contributed by atoms with Crippen LogP contribution in [0.5, 0.6) is 5.88 Å². The lowest BCUT2D eigenvalue weighted by atomic mass is 10.1. The average Bonchev–Trinajstić information content (AvgIpc) is 2.19. The van der Waals surface area contributed by atoms with E-state index >= 15 is 0 Å². The summed E-state index contributed by atoms with van der Waals surface area (Å²) < 4.78 is 5.05. The summed E-state index contributed by atoms with van der Waals surface area (Å²) in [6, 6.07) is 3.71. The molecule has 5 nitrogen and oxygen atoms in total. The number of hydrogen-bond acceptors (Lipinski definition) is 3. The normalized spacial score (nSPS) is 9.64. The summed E-state index contributed by atoms with van der Waals surface area (Å²) in [5, 5.41) is 3.24. The molecule has 1 aromatic heterocycles. The van der Waals surface area contributed by atoms with Gasteiger partial charge in [-0.3, -0.25) is 0 Å². The van der Waals surface area contributed by atoms with Gasteiger partial charge in [0.2, 0.25) is 5.88 Å². The maximum Gasteiger partial charge on any atom is 0.213 e. The van der Waals surface area contributed by atoms with Crippen molar-refractivity contribution in [2.24, 2.45) is 5.11 Å². The highest BCUT2D eigenvalue weighted by Crippen LogP contribution is 2.15. The Hall–Kier alpha value is -1.74. The molecule has 1 aromatic rings. The van der Waals surface area contributed by atoms with Gasteiger partial charge in [0.15, 0.2) is 6.73 Å². The molecule has 0 unspecified atom stereocenters. The van der Waals surface area contributed by atoms with E-state index in [-0.39, 0.29) is 6.73 Å². The smallest absolute Gasteiger partial charge is 0.213 e. The van der Waals surface area contributed by atoms with E-state index < -0.39 is 0 Å². The maximum atomic E-state index is 8.02. The molecule has 0 radical (unpaired) electrons. The van der Waals surface area contributed by atoms with Gasteiger partial charge in [-0.25, -0.2) is 4.98 Å². The van der Waals surface area contributed by atoms with E-state index in [0.717, 1.165) is 5.56 Å². The highest BCUT2D eigenvalue weighted by molar-refractivity contribution is 5.20. The molecule has 0 fully saturated rings. The highest BCUT2D eigenvalue weighted by atomic mass is 16.5. The van der Waals surface area contributed by atoms with Crippen molar-refractivity contribution >= 4 is 0 Å². The zero-order chi connectivity index (χ0) is 10.4. The summed E-state index contributed by atoms with van der Waals surface area (Å²) >= 11 is 0. The van der Waals surface area contributed by atoms with Crippen molar-refractivity contribution in [3.8, 4) is 5.88 Å². The van der Waals surface area contributed by atoms with Gasteiger partial charge in [-0.05, 0) is 17.0 Å². The van der Waals surface area contributed by atoms with Gasteiger partial charge < -0.3 is 4.74 Å². The predicted molar refractivity (Wildman–Crippen MR) is 53.0 cm³/mol. The van der Waals surface area contributed by atoms with Gasteiger partial charge >= 0.3 is 0 Å². The van der Waals surface area contributed by atoms with Crippen molar-refractivity contribution in [3.63, 3.8) is 0 Å². The van der Waals surface area contributed by atoms with E-state index in [9.17, 15) is 0 Å². The number of aromatic nitrogens is 1. The number of hydrogen-bond donors (Lipinski definition) is 0. The van der Waals surface area contributed by atoms with E-state index in [1.165, 1.54) is 0 Å². The lowest BCUT2D eigenvalue weighted by Crippen LogP contribution is -1.96. The monoisotopic (exact) mass is 192 g/mol. The Bertz CT molecular complexity index is 327. The SMILES string of the molecule is CC(C)c1ccc(OCN=[N+]=[N-])nc1. The van der Waals surface area contributed by atoms with Gasteiger partial charge in [-0.1, -0.05) is 25.0 Å². The zero-order valence-corrected chi connectivity index (χ0v) is 8.21. The van der Waals surface area contributed by atoms with Gasteiger partial charge in [0.05, 0.1) is 0 Å². The van der Waals surface area contributed by atoms with Crippen molar-refractivity contribution in [1.82, 2.24) is 4.98 Å². The standard InChI is InChI=1S/C9H12N4O/c1-7(2)8-3-4-9(11-5-8)14-6-12-13-10/h3-5,7H,6H2,1-2H3. The maximum absolute atomic E-state index is 8.02. The Morgan fingerprint density at radius 3 is 2.86 bits per heavy atom. The number of nitrogens with zero attached hydrogens (tertiary/aromatic N) is 4. The third-order valence-electron chi connectivity index (χ3n) is 1.76. The molecule has 1 heterocycles. The van der Waals surface area contributed by atoms with Crippen LogP contribution in [0.4, 0.5) is 0 Å². The molecule has 0 bridgehead atoms. The molecule has 0 N–H and O–H groups in total. The van der Waals surface area contributed by atoms with Crippen molar-refractivity contribution in [3.05, 3.63) is 34.3 Å². The average molecular weight is 192 g/mol. The van der Waals surface area contributed by atoms with Crippen LogP contribution in [0.3, 0.4) is 0 Å². The van der Waals surface area contributed by atoms with Crippen LogP contribution in [-0.2, 0) is 0 Å². The zero-order valence-electron chi connectivity index (χ0n) is 8.21. The molecule has 0 aliphatic heterocycles. The van der Waals surface area contributed by atoms with Crippen LogP contribution in [0.2, 0.25) is 0 Å². The van der Waals surface area contributed by atoms with Crippen LogP contribution in [0.25, 0.3) is 10.4 Å². The van der Waals surface area contributed by atoms with E-state index in [4.69, 9.17) is 10.3 Å². The minimum absolute atomic E-state index is 0.0233. The van der Waals surface area contributed by atoms with Crippen molar-refractivity contribution in [2.75, 3.05) is 6.73 Å². The van der Waals surface area contributed by atoms with Gasteiger partial charge in [-0.2, -0.15) is 0 Å². The number of pyridine rings is 1. The van der Waals surface area contributed by atoms with Crippen LogP contribution in [0, 0.1) is 0 Å². The van der Waals surface area contributed by atoms with E-state index in [1.54, 1.807) is 12.3 Å². The second kappa shape index (κ2) is 5.09. The first kappa shape index (κ1) is 10.3. The molecule has 0 atom stereocenters. The minimum Gasteiger partial charge on any atom is -0.472 e. The predicted octanol–water partition coefficient (Wildman–Crippen LogP) is 2.85. The fraction of sp³-hybridized carbons (Fsp3) is 0.444. The second-order valence-corrected chi connectivity index (χ2v) is 3.09. The Labute approximate surface area is 82.4 Å². The van der Waals surface area contributed by atoms with Crippen molar-refractivity contribution in [1.29, 1.82) is 0 Å². The summed E-state index contributed by atoms with van der Waals surface area (Å²) in [5.74, 6) is 0.926. The van der Waals surface area contributed by atoms with Gasteiger partial charge in [0, 0.05) is 17.2 Å². The molecule has 0 aromatic carbocycles. The van der Waals surface area contributed by atoms with E-state index in [2.05, 4.69) is 28.9 Å². The minimum atomic E-state index is -0.0233. The van der Waals surface area contributed by atoms with Crippen molar-refractivity contribution < 1.29 is 4.74 Å². The third kappa shape index (κ3) is 2.95. The van der Waals surface area contributed by atoms with Crippen LogP contribution >= 0.6 is 0 Å². The fourth-order valence-electron chi connectivity index (χ4n) is 0.939. The lowest BCUT2D eigenvalue weighted by Gasteiger charge is -2.05. The summed E-state index contributed by atoms with van der Waals surface area (Å²) in [4.78, 5) is 6.63. The van der Waals surface area contributed by atoms with Crippen LogP contribution < -0.4 is 4.74 Å². The van der Waals surface area contributed by atoms with Gasteiger partial charge in [0.1, 0.15) is 0 Å². The molecule has 0 saturated carbocycles. The summed E-state index contributed by atoms with van der Waals surface area (Å²) in [5.41, 5.74) is 9.17. The summed E-state index contributed by atoms with van der Waals surface area (Å²) in [6.07, 6.45) is 1.76. The van der Waals surface area contributed by atoms with E-state index in [1.807, 2.05) is 6.07 Å². The molecule has 1 rings (SSSR count). The van der Waals surface area contributed by atoms with Crippen LogP contribution in [0.15, 0.2) is 23.4 Å². The molecule has 5 heteroatoms. The molecule has 0 aliphatic rings. The lowest BCUT2D eigenvalue weighted by molar-refractivity contribution is 0.316. The van der Waals surface area contributed by atoms with Crippen LogP contribution in [0.1, 0.15) is 25.3 Å². The molecule has 14 heavy (non-hydrogen) atoms. The van der Waals surface area contributed by atoms with Crippen LogP contribution in [-0.4, -0.2) is 11.7 Å². The molecule has 0 amide bonds. The second-order valence-electron chi connectivity index (χ2n) is 3.09. The first-order valence-corrected chi connectivity index (χ1v) is 4.33. The summed E-state index contributed by atoms with van der Waals surface area (Å²) in [7, 11) is 0. The molecular weight excluding hydrogens is 180 g/mol. The largest absolute Gasteiger partial charge is 0.472 e. The summed E-state index contributed by atoms with van der Waals surface area (Å²) in [6.45, 7) is 4.17. The third-order valence-corrected chi connectivity index (χ3v) is 1.76. The number of azide groups is 1. The van der Waals surface area contributed by atoms with Gasteiger partial charge in [-0.15, -0.1) is 0 Å². The fourth-order valence-corrected chi connectivity index (χ4v) is 0.939. The molecule has 0 aliphatic carbocycles. The van der Waals surface area contributed by atoms with Crippen molar-refractivity contribution in [2.45, 2.75) is 19.8 Å². The van der Waals surface area contributed by atoms with E-state index in [0.29, 0.717) is 11.8 Å². The Kier molecular flexibility index (Phi) is 3.76. The molecule has 74 valence electrons. The number of ether oxygens (including phenoxy) is 1. The molecule has 0 spiro atoms. The van der Waals surface area contributed by atoms with Gasteiger partial charge in [0.25, 0.3) is 0 Å². The first-order chi connectivity index (χ1) is 6.74. The molecular formula is C9H12N4O. The highest BCUT2D eigenvalue weighted by Gasteiger charge is 1.99. The topological polar surface area (TPSA) is 70.9 Å². The quantitative estimate of drug-likeness (QED) is 0.418. The first-order valence-electron chi connectivity index (χ1n) is 4.33.